The first kappa shape index (κ1) is 12.1. The molecule has 0 saturated heterocycles. The van der Waals surface area contributed by atoms with Gasteiger partial charge in [0, 0.05) is 6.04 Å². The van der Waals surface area contributed by atoms with Crippen LogP contribution in [0, 0.1) is 6.92 Å². The molecule has 1 fully saturated rings. The molecular formula is C14H20N2O. The van der Waals surface area contributed by atoms with Gasteiger partial charge in [-0.05, 0) is 32.3 Å². The molecule has 1 amide bonds. The summed E-state index contributed by atoms with van der Waals surface area (Å²) in [5.41, 5.74) is 2.39. The average Bonchev–Trinajstić information content (AvgIpc) is 3.11. The van der Waals surface area contributed by atoms with Crippen LogP contribution in [-0.2, 0) is 4.79 Å². The van der Waals surface area contributed by atoms with Crippen molar-refractivity contribution in [1.29, 1.82) is 0 Å². The summed E-state index contributed by atoms with van der Waals surface area (Å²) in [7, 11) is 0. The molecule has 3 nitrogen and oxygen atoms in total. The van der Waals surface area contributed by atoms with Crippen LogP contribution in [-0.4, -0.2) is 18.5 Å². The number of carbonyl (C=O) groups is 1. The topological polar surface area (TPSA) is 41.1 Å². The van der Waals surface area contributed by atoms with Crippen molar-refractivity contribution in [3.63, 3.8) is 0 Å². The quantitative estimate of drug-likeness (QED) is 0.814. The van der Waals surface area contributed by atoms with Crippen LogP contribution < -0.4 is 10.6 Å². The minimum Gasteiger partial charge on any atom is -0.348 e. The van der Waals surface area contributed by atoms with Crippen LogP contribution in [0.5, 0.6) is 0 Å². The van der Waals surface area contributed by atoms with Crippen molar-refractivity contribution in [3.05, 3.63) is 35.4 Å². The largest absolute Gasteiger partial charge is 0.348 e. The third kappa shape index (κ3) is 3.86. The standard InChI is InChI=1S/C14H20N2O/c1-10-3-5-12(6-4-10)11(2)16-14(17)9-15-13-7-8-13/h3-6,11,13,15H,7-9H2,1-2H3,(H,16,17)/t11-/m0/s1. The zero-order chi connectivity index (χ0) is 12.3. The molecule has 0 spiro atoms. The monoisotopic (exact) mass is 232 g/mol. The maximum atomic E-state index is 11.7. The highest BCUT2D eigenvalue weighted by Crippen LogP contribution is 2.18. The third-order valence-electron chi connectivity index (χ3n) is 3.08. The smallest absolute Gasteiger partial charge is 0.234 e. The Morgan fingerprint density at radius 3 is 2.59 bits per heavy atom. The average molecular weight is 232 g/mol. The zero-order valence-corrected chi connectivity index (χ0v) is 10.5. The van der Waals surface area contributed by atoms with Gasteiger partial charge in [0.2, 0.25) is 5.91 Å². The van der Waals surface area contributed by atoms with E-state index in [2.05, 4.69) is 41.8 Å². The number of benzene rings is 1. The summed E-state index contributed by atoms with van der Waals surface area (Å²) in [5, 5.41) is 6.21. The minimum atomic E-state index is 0.0732. The number of nitrogens with one attached hydrogen (secondary N) is 2. The Morgan fingerprint density at radius 1 is 1.35 bits per heavy atom. The van der Waals surface area contributed by atoms with Gasteiger partial charge in [-0.25, -0.2) is 0 Å². The fourth-order valence-corrected chi connectivity index (χ4v) is 1.76. The predicted octanol–water partition coefficient (Wildman–Crippen LogP) is 1.92. The van der Waals surface area contributed by atoms with Gasteiger partial charge in [-0.2, -0.15) is 0 Å². The number of aryl methyl sites for hydroxylation is 1. The Balaban J connectivity index is 1.80. The van der Waals surface area contributed by atoms with E-state index in [4.69, 9.17) is 0 Å². The molecule has 1 atom stereocenters. The summed E-state index contributed by atoms with van der Waals surface area (Å²) >= 11 is 0. The highest BCUT2D eigenvalue weighted by atomic mass is 16.1. The first-order chi connectivity index (χ1) is 8.15. The van der Waals surface area contributed by atoms with Crippen LogP contribution in [0.4, 0.5) is 0 Å². The second kappa shape index (κ2) is 5.32. The summed E-state index contributed by atoms with van der Waals surface area (Å²) < 4.78 is 0. The van der Waals surface area contributed by atoms with Crippen molar-refractivity contribution in [1.82, 2.24) is 10.6 Å². The molecule has 3 heteroatoms. The van der Waals surface area contributed by atoms with Gasteiger partial charge in [-0.15, -0.1) is 0 Å². The van der Waals surface area contributed by atoms with Gasteiger partial charge in [0.1, 0.15) is 0 Å². The molecule has 0 bridgehead atoms. The molecule has 1 aliphatic rings. The van der Waals surface area contributed by atoms with E-state index >= 15 is 0 Å². The van der Waals surface area contributed by atoms with E-state index in [1.54, 1.807) is 0 Å². The van der Waals surface area contributed by atoms with E-state index < -0.39 is 0 Å². The minimum absolute atomic E-state index is 0.0732. The first-order valence-corrected chi connectivity index (χ1v) is 6.24. The fraction of sp³-hybridized carbons (Fsp3) is 0.500. The molecule has 1 aromatic carbocycles. The molecule has 1 aliphatic carbocycles. The van der Waals surface area contributed by atoms with Gasteiger partial charge >= 0.3 is 0 Å². The molecule has 1 aromatic rings. The number of carbonyl (C=O) groups excluding carboxylic acids is 1. The van der Waals surface area contributed by atoms with Gasteiger partial charge < -0.3 is 10.6 Å². The number of rotatable bonds is 5. The molecular weight excluding hydrogens is 212 g/mol. The number of amides is 1. The summed E-state index contributed by atoms with van der Waals surface area (Å²) in [4.78, 5) is 11.7. The van der Waals surface area contributed by atoms with Crippen LogP contribution in [0.2, 0.25) is 0 Å². The Kier molecular flexibility index (Phi) is 3.79. The van der Waals surface area contributed by atoms with Gasteiger partial charge in [-0.1, -0.05) is 29.8 Å². The highest BCUT2D eigenvalue weighted by Gasteiger charge is 2.21. The molecule has 0 aliphatic heterocycles. The van der Waals surface area contributed by atoms with Crippen molar-refractivity contribution in [2.24, 2.45) is 0 Å². The fourth-order valence-electron chi connectivity index (χ4n) is 1.76. The molecule has 2 N–H and O–H groups in total. The molecule has 2 rings (SSSR count). The lowest BCUT2D eigenvalue weighted by Crippen LogP contribution is -2.36. The van der Waals surface area contributed by atoms with E-state index in [-0.39, 0.29) is 11.9 Å². The van der Waals surface area contributed by atoms with E-state index in [0.717, 1.165) is 5.56 Å². The Hall–Kier alpha value is -1.35. The van der Waals surface area contributed by atoms with Crippen LogP contribution in [0.15, 0.2) is 24.3 Å². The van der Waals surface area contributed by atoms with Crippen LogP contribution in [0.25, 0.3) is 0 Å². The maximum Gasteiger partial charge on any atom is 0.234 e. The van der Waals surface area contributed by atoms with Gasteiger partial charge in [0.15, 0.2) is 0 Å². The molecule has 0 unspecified atom stereocenters. The summed E-state index contributed by atoms with van der Waals surface area (Å²) in [6.07, 6.45) is 2.42. The van der Waals surface area contributed by atoms with E-state index in [0.29, 0.717) is 12.6 Å². The van der Waals surface area contributed by atoms with Crippen LogP contribution >= 0.6 is 0 Å². The SMILES string of the molecule is Cc1ccc([C@H](C)NC(=O)CNC2CC2)cc1. The summed E-state index contributed by atoms with van der Waals surface area (Å²) in [5.74, 6) is 0.0741. The van der Waals surface area contributed by atoms with Crippen molar-refractivity contribution in [2.45, 2.75) is 38.8 Å². The van der Waals surface area contributed by atoms with Gasteiger partial charge in [0.25, 0.3) is 0 Å². The van der Waals surface area contributed by atoms with Crippen molar-refractivity contribution >= 4 is 5.91 Å². The lowest BCUT2D eigenvalue weighted by atomic mass is 10.1. The number of hydrogen-bond acceptors (Lipinski definition) is 2. The van der Waals surface area contributed by atoms with E-state index in [9.17, 15) is 4.79 Å². The summed E-state index contributed by atoms with van der Waals surface area (Å²) in [6, 6.07) is 8.92. The number of hydrogen-bond donors (Lipinski definition) is 2. The molecule has 0 aromatic heterocycles. The van der Waals surface area contributed by atoms with Crippen LogP contribution in [0.3, 0.4) is 0 Å². The van der Waals surface area contributed by atoms with E-state index in [1.807, 2.05) is 6.92 Å². The maximum absolute atomic E-state index is 11.7. The Labute approximate surface area is 103 Å². The normalized spacial score (nSPS) is 16.6. The second-order valence-corrected chi connectivity index (χ2v) is 4.86. The van der Waals surface area contributed by atoms with E-state index in [1.165, 1.54) is 18.4 Å². The molecule has 1 saturated carbocycles. The van der Waals surface area contributed by atoms with Crippen molar-refractivity contribution in [3.8, 4) is 0 Å². The first-order valence-electron chi connectivity index (χ1n) is 6.24. The van der Waals surface area contributed by atoms with Gasteiger partial charge in [0.05, 0.1) is 12.6 Å². The molecule has 0 radical (unpaired) electrons. The third-order valence-corrected chi connectivity index (χ3v) is 3.08. The van der Waals surface area contributed by atoms with Crippen molar-refractivity contribution < 1.29 is 4.79 Å². The molecule has 0 heterocycles. The highest BCUT2D eigenvalue weighted by molar-refractivity contribution is 5.78. The molecule has 17 heavy (non-hydrogen) atoms. The Morgan fingerprint density at radius 2 is 2.00 bits per heavy atom. The van der Waals surface area contributed by atoms with Crippen molar-refractivity contribution in [2.75, 3.05) is 6.54 Å². The van der Waals surface area contributed by atoms with Gasteiger partial charge in [-0.3, -0.25) is 4.79 Å². The second-order valence-electron chi connectivity index (χ2n) is 4.86. The lowest BCUT2D eigenvalue weighted by Gasteiger charge is -2.14. The summed E-state index contributed by atoms with van der Waals surface area (Å²) in [6.45, 7) is 4.51. The Bertz CT molecular complexity index is 382. The predicted molar refractivity (Wildman–Crippen MR) is 68.8 cm³/mol. The zero-order valence-electron chi connectivity index (χ0n) is 10.5. The molecule has 92 valence electrons. The lowest BCUT2D eigenvalue weighted by molar-refractivity contribution is -0.120. The van der Waals surface area contributed by atoms with Crippen LogP contribution in [0.1, 0.15) is 36.9 Å².